The van der Waals surface area contributed by atoms with Crippen molar-refractivity contribution in [2.75, 3.05) is 26.4 Å². The maximum Gasteiger partial charge on any atom is 0.333 e. The molecular weight excluding hydrogens is 776 g/mol. The summed E-state index contributed by atoms with van der Waals surface area (Å²) >= 11 is 0. The van der Waals surface area contributed by atoms with Crippen molar-refractivity contribution in [1.29, 1.82) is 0 Å². The third-order valence-electron chi connectivity index (χ3n) is 10.1. The number of aliphatic hydroxyl groups excluding tert-OH is 12. The summed E-state index contributed by atoms with van der Waals surface area (Å²) in [5, 5.41) is 127. The first kappa shape index (κ1) is 47.3. The van der Waals surface area contributed by atoms with Crippen LogP contribution in [0.4, 0.5) is 0 Å². The topological polar surface area (TPSA) is 360 Å². The molecule has 20 atom stereocenters. The maximum absolute atomic E-state index is 12.4. The third kappa shape index (κ3) is 10.7. The van der Waals surface area contributed by atoms with Crippen LogP contribution in [0.15, 0.2) is 23.3 Å². The van der Waals surface area contributed by atoms with Crippen molar-refractivity contribution < 1.29 is 113 Å². The highest BCUT2D eigenvalue weighted by Crippen LogP contribution is 2.35. The molecule has 0 aliphatic carbocycles. The average Bonchev–Trinajstić information content (AvgIpc) is 3.20. The number of allylic oxidation sites excluding steroid dienone is 2. The number of hydrogen-bond acceptors (Lipinski definition) is 23. The minimum absolute atomic E-state index is 0.171. The number of hydrogen-bond donors (Lipinski definition) is 12. The Hall–Kier alpha value is -2.34. The maximum atomic E-state index is 12.4. The molecule has 0 aromatic carbocycles. The smallest absolute Gasteiger partial charge is 0.333 e. The van der Waals surface area contributed by atoms with E-state index in [-0.39, 0.29) is 11.1 Å². The third-order valence-corrected chi connectivity index (χ3v) is 10.1. The molecule has 23 heteroatoms. The second-order valence-corrected chi connectivity index (χ2v) is 13.9. The van der Waals surface area contributed by atoms with Crippen LogP contribution >= 0.6 is 0 Å². The monoisotopic (exact) mass is 830 g/mol. The Morgan fingerprint density at radius 2 is 0.772 bits per heavy atom. The lowest BCUT2D eigenvalue weighted by Crippen LogP contribution is -2.67. The highest BCUT2D eigenvalue weighted by molar-refractivity contribution is 5.88. The van der Waals surface area contributed by atoms with Crippen LogP contribution in [-0.4, -0.2) is 222 Å². The molecule has 12 N–H and O–H groups in total. The second-order valence-electron chi connectivity index (χ2n) is 13.9. The molecule has 23 nitrogen and oxygen atoms in total. The van der Waals surface area contributed by atoms with E-state index < -0.39 is 161 Å². The lowest BCUT2D eigenvalue weighted by molar-refractivity contribution is -0.414. The van der Waals surface area contributed by atoms with E-state index in [1.54, 1.807) is 13.8 Å². The zero-order valence-corrected chi connectivity index (χ0v) is 31.4. The molecule has 57 heavy (non-hydrogen) atoms. The predicted octanol–water partition coefficient (Wildman–Crippen LogP) is -6.71. The Balaban J connectivity index is 1.71. The van der Waals surface area contributed by atoms with Gasteiger partial charge in [0.2, 0.25) is 0 Å². The molecule has 0 aromatic heterocycles. The molecule has 0 amide bonds. The largest absolute Gasteiger partial charge is 0.459 e. The SMILES string of the molecule is CC=C(C)C(=O)OCC1OC(OC2OC(COC(=O)C(C)=CC)C(O)C(O)C2OC2OC(CO)C(O)C(O)C2O)C(OC2OC(CO)C(O)C(O)C2O)C(O)C1O. The Bertz CT molecular complexity index is 1280. The first-order chi connectivity index (χ1) is 26.9. The highest BCUT2D eigenvalue weighted by Gasteiger charge is 2.56. The number of ether oxygens (including phenoxy) is 9. The second kappa shape index (κ2) is 20.8. The highest BCUT2D eigenvalue weighted by atomic mass is 16.8. The standard InChI is InChI=1S/C34H54O23/c1-5-11(3)29(47)49-9-15-19(39)23(43)27(55-31-25(45)21(41)17(37)13(7-35)51-31)33(53-15)57-34-28(56-32-26(46)22(42)18(38)14(8-36)52-32)24(44)20(40)16(54-34)10-50-30(48)12(4)6-2/h5-6,13-28,31-46H,7-10H2,1-4H3. The van der Waals surface area contributed by atoms with Crippen LogP contribution in [0.3, 0.4) is 0 Å². The first-order valence-corrected chi connectivity index (χ1v) is 18.1. The van der Waals surface area contributed by atoms with Gasteiger partial charge in [-0.2, -0.15) is 0 Å². The molecule has 4 fully saturated rings. The van der Waals surface area contributed by atoms with Crippen molar-refractivity contribution >= 4 is 11.9 Å². The van der Waals surface area contributed by atoms with Gasteiger partial charge in [0.1, 0.15) is 111 Å². The van der Waals surface area contributed by atoms with Crippen molar-refractivity contribution in [2.24, 2.45) is 0 Å². The molecule has 0 spiro atoms. The molecule has 0 bridgehead atoms. The number of esters is 2. The van der Waals surface area contributed by atoms with Crippen molar-refractivity contribution in [1.82, 2.24) is 0 Å². The molecule has 328 valence electrons. The minimum atomic E-state index is -2.09. The van der Waals surface area contributed by atoms with Crippen LogP contribution in [-0.2, 0) is 52.2 Å². The summed E-state index contributed by atoms with van der Waals surface area (Å²) in [5.41, 5.74) is 0.343. The van der Waals surface area contributed by atoms with Gasteiger partial charge in [-0.1, -0.05) is 12.2 Å². The number of aliphatic hydroxyl groups is 12. The van der Waals surface area contributed by atoms with Gasteiger partial charge in [-0.25, -0.2) is 9.59 Å². The fraction of sp³-hybridized carbons (Fsp3) is 0.824. The Morgan fingerprint density at radius 3 is 1.09 bits per heavy atom. The molecule has 20 unspecified atom stereocenters. The molecule has 0 saturated carbocycles. The molecular formula is C34H54O23. The molecule has 4 aliphatic heterocycles. The minimum Gasteiger partial charge on any atom is -0.459 e. The van der Waals surface area contributed by atoms with E-state index in [1.165, 1.54) is 26.0 Å². The molecule has 0 radical (unpaired) electrons. The van der Waals surface area contributed by atoms with Gasteiger partial charge in [-0.15, -0.1) is 0 Å². The summed E-state index contributed by atoms with van der Waals surface area (Å²) in [7, 11) is 0. The predicted molar refractivity (Wildman–Crippen MR) is 180 cm³/mol. The van der Waals surface area contributed by atoms with E-state index in [0.29, 0.717) is 0 Å². The van der Waals surface area contributed by atoms with Gasteiger partial charge < -0.3 is 104 Å². The van der Waals surface area contributed by atoms with Crippen molar-refractivity contribution in [3.05, 3.63) is 23.3 Å². The van der Waals surface area contributed by atoms with Gasteiger partial charge in [-0.05, 0) is 27.7 Å². The van der Waals surface area contributed by atoms with E-state index in [0.717, 1.165) is 0 Å². The van der Waals surface area contributed by atoms with Gasteiger partial charge in [0, 0.05) is 11.1 Å². The van der Waals surface area contributed by atoms with Gasteiger partial charge in [0.25, 0.3) is 0 Å². The Morgan fingerprint density at radius 1 is 0.456 bits per heavy atom. The van der Waals surface area contributed by atoms with E-state index in [9.17, 15) is 70.9 Å². The van der Waals surface area contributed by atoms with Crippen LogP contribution in [0, 0.1) is 0 Å². The average molecular weight is 831 g/mol. The van der Waals surface area contributed by atoms with E-state index in [4.69, 9.17) is 42.6 Å². The Kier molecular flexibility index (Phi) is 17.2. The molecule has 4 aliphatic rings. The van der Waals surface area contributed by atoms with Crippen LogP contribution in [0.5, 0.6) is 0 Å². The van der Waals surface area contributed by atoms with Crippen molar-refractivity contribution in [3.8, 4) is 0 Å². The van der Waals surface area contributed by atoms with Gasteiger partial charge in [-0.3, -0.25) is 0 Å². The van der Waals surface area contributed by atoms with Gasteiger partial charge in [0.05, 0.1) is 13.2 Å². The van der Waals surface area contributed by atoms with E-state index in [2.05, 4.69) is 0 Å². The molecule has 4 rings (SSSR count). The van der Waals surface area contributed by atoms with Crippen molar-refractivity contribution in [2.45, 2.75) is 151 Å². The molecule has 0 aromatic rings. The summed E-state index contributed by atoms with van der Waals surface area (Å²) in [4.78, 5) is 24.9. The number of carbonyl (C=O) groups excluding carboxylic acids is 2. The Labute approximate surface area is 325 Å². The van der Waals surface area contributed by atoms with Crippen LogP contribution in [0.25, 0.3) is 0 Å². The summed E-state index contributed by atoms with van der Waals surface area (Å²) in [6, 6.07) is 0. The summed E-state index contributed by atoms with van der Waals surface area (Å²) in [6.45, 7) is 2.83. The van der Waals surface area contributed by atoms with Gasteiger partial charge >= 0.3 is 11.9 Å². The van der Waals surface area contributed by atoms with Crippen LogP contribution in [0.1, 0.15) is 27.7 Å². The summed E-state index contributed by atoms with van der Waals surface area (Å²) in [5.74, 6) is -1.66. The fourth-order valence-corrected chi connectivity index (χ4v) is 6.18. The normalized spacial score (nSPS) is 44.7. The zero-order chi connectivity index (χ0) is 42.5. The molecule has 4 heterocycles. The molecule has 4 saturated heterocycles. The van der Waals surface area contributed by atoms with Crippen LogP contribution in [0.2, 0.25) is 0 Å². The summed E-state index contributed by atoms with van der Waals surface area (Å²) < 4.78 is 50.5. The zero-order valence-electron chi connectivity index (χ0n) is 31.4. The van der Waals surface area contributed by atoms with Crippen LogP contribution < -0.4 is 0 Å². The fourth-order valence-electron chi connectivity index (χ4n) is 6.18. The quantitative estimate of drug-likeness (QED) is 0.0572. The van der Waals surface area contributed by atoms with E-state index in [1.807, 2.05) is 0 Å². The van der Waals surface area contributed by atoms with Crippen molar-refractivity contribution in [3.63, 3.8) is 0 Å². The number of rotatable bonds is 14. The lowest BCUT2D eigenvalue weighted by atomic mass is 9.96. The first-order valence-electron chi connectivity index (χ1n) is 18.1. The number of carbonyl (C=O) groups is 2. The summed E-state index contributed by atoms with van der Waals surface area (Å²) in [6.07, 6.45) is -35.0. The lowest BCUT2D eigenvalue weighted by Gasteiger charge is -2.49. The van der Waals surface area contributed by atoms with Gasteiger partial charge in [0.15, 0.2) is 25.2 Å². The van der Waals surface area contributed by atoms with E-state index >= 15 is 0 Å².